The molecule has 5 heteroatoms. The molecule has 2 rings (SSSR count). The number of hydrogen-bond acceptors (Lipinski definition) is 3. The van der Waals surface area contributed by atoms with E-state index < -0.39 is 17.7 Å². The number of benzene rings is 1. The zero-order chi connectivity index (χ0) is 14.5. The van der Waals surface area contributed by atoms with Crippen LogP contribution in [0.4, 0.5) is 8.78 Å². The van der Waals surface area contributed by atoms with Gasteiger partial charge in [-0.3, -0.25) is 0 Å². The Bertz CT molecular complexity index is 438. The Labute approximate surface area is 117 Å². The summed E-state index contributed by atoms with van der Waals surface area (Å²) in [6.07, 6.45) is 1.78. The van der Waals surface area contributed by atoms with Gasteiger partial charge in [-0.05, 0) is 43.9 Å². The summed E-state index contributed by atoms with van der Waals surface area (Å²) < 4.78 is 32.0. The third-order valence-electron chi connectivity index (χ3n) is 3.44. The molecule has 2 N–H and O–H groups in total. The Morgan fingerprint density at radius 2 is 2.15 bits per heavy atom. The van der Waals surface area contributed by atoms with Gasteiger partial charge in [0.05, 0.1) is 12.7 Å². The van der Waals surface area contributed by atoms with Crippen LogP contribution in [0, 0.1) is 17.6 Å². The Hall–Kier alpha value is -1.04. The van der Waals surface area contributed by atoms with Crippen molar-refractivity contribution in [2.75, 3.05) is 19.8 Å². The first-order chi connectivity index (χ1) is 9.56. The lowest BCUT2D eigenvalue weighted by atomic mass is 10.1. The standard InChI is InChI=1S/C15H21F2NO2/c1-10(14-6-12(16)4-5-15(14)17)18-7-13(19)9-20-8-11-2-3-11/h4-6,10-11,13,18-19H,2-3,7-9H2,1H3. The van der Waals surface area contributed by atoms with Gasteiger partial charge in [0.15, 0.2) is 0 Å². The second kappa shape index (κ2) is 7.11. The number of aliphatic hydroxyl groups is 1. The van der Waals surface area contributed by atoms with E-state index in [9.17, 15) is 13.9 Å². The van der Waals surface area contributed by atoms with Gasteiger partial charge in [0, 0.05) is 24.8 Å². The van der Waals surface area contributed by atoms with Gasteiger partial charge in [0.25, 0.3) is 0 Å². The van der Waals surface area contributed by atoms with E-state index in [4.69, 9.17) is 4.74 Å². The van der Waals surface area contributed by atoms with Crippen molar-refractivity contribution >= 4 is 0 Å². The molecule has 1 fully saturated rings. The zero-order valence-corrected chi connectivity index (χ0v) is 11.6. The van der Waals surface area contributed by atoms with E-state index in [0.717, 1.165) is 12.1 Å². The van der Waals surface area contributed by atoms with Crippen LogP contribution in [0.15, 0.2) is 18.2 Å². The molecular weight excluding hydrogens is 264 g/mol. The monoisotopic (exact) mass is 285 g/mol. The van der Waals surface area contributed by atoms with Crippen LogP contribution in [0.1, 0.15) is 31.4 Å². The summed E-state index contributed by atoms with van der Waals surface area (Å²) in [6, 6.07) is 3.00. The highest BCUT2D eigenvalue weighted by Gasteiger charge is 2.21. The SMILES string of the molecule is CC(NCC(O)COCC1CC1)c1cc(F)ccc1F. The number of hydrogen-bond donors (Lipinski definition) is 2. The number of halogens is 2. The predicted octanol–water partition coefficient (Wildman–Crippen LogP) is 2.40. The van der Waals surface area contributed by atoms with E-state index in [1.165, 1.54) is 18.9 Å². The molecular formula is C15H21F2NO2. The first kappa shape index (κ1) is 15.4. The third-order valence-corrected chi connectivity index (χ3v) is 3.44. The van der Waals surface area contributed by atoms with Crippen molar-refractivity contribution in [3.63, 3.8) is 0 Å². The van der Waals surface area contributed by atoms with Crippen LogP contribution < -0.4 is 5.32 Å². The summed E-state index contributed by atoms with van der Waals surface area (Å²) in [5.41, 5.74) is 0.260. The molecule has 1 aliphatic rings. The first-order valence-corrected chi connectivity index (χ1v) is 7.00. The highest BCUT2D eigenvalue weighted by atomic mass is 19.1. The van der Waals surface area contributed by atoms with Crippen LogP contribution in [-0.4, -0.2) is 31.0 Å². The lowest BCUT2D eigenvalue weighted by molar-refractivity contribution is 0.0314. The number of ether oxygens (including phenoxy) is 1. The van der Waals surface area contributed by atoms with Crippen LogP contribution in [0.3, 0.4) is 0 Å². The highest BCUT2D eigenvalue weighted by Crippen LogP contribution is 2.28. The molecule has 0 heterocycles. The van der Waals surface area contributed by atoms with Gasteiger partial charge in [0.2, 0.25) is 0 Å². The molecule has 0 bridgehead atoms. The normalized spacial score (nSPS) is 18.0. The zero-order valence-electron chi connectivity index (χ0n) is 11.6. The van der Waals surface area contributed by atoms with Crippen molar-refractivity contribution in [2.45, 2.75) is 31.9 Å². The lowest BCUT2D eigenvalue weighted by Crippen LogP contribution is -2.32. The summed E-state index contributed by atoms with van der Waals surface area (Å²) >= 11 is 0. The topological polar surface area (TPSA) is 41.5 Å². The minimum Gasteiger partial charge on any atom is -0.389 e. The van der Waals surface area contributed by atoms with Crippen LogP contribution in [0.25, 0.3) is 0 Å². The molecule has 20 heavy (non-hydrogen) atoms. The number of nitrogens with one attached hydrogen (secondary N) is 1. The molecule has 2 atom stereocenters. The van der Waals surface area contributed by atoms with Crippen molar-refractivity contribution in [1.82, 2.24) is 5.32 Å². The van der Waals surface area contributed by atoms with Gasteiger partial charge >= 0.3 is 0 Å². The molecule has 1 aromatic carbocycles. The van der Waals surface area contributed by atoms with Crippen LogP contribution in [0.5, 0.6) is 0 Å². The Balaban J connectivity index is 1.72. The maximum atomic E-state index is 13.5. The molecule has 0 radical (unpaired) electrons. The molecule has 1 aromatic rings. The fourth-order valence-electron chi connectivity index (χ4n) is 1.98. The minimum atomic E-state index is -0.646. The van der Waals surface area contributed by atoms with E-state index >= 15 is 0 Å². The minimum absolute atomic E-state index is 0.260. The summed E-state index contributed by atoms with van der Waals surface area (Å²) in [4.78, 5) is 0. The van der Waals surface area contributed by atoms with E-state index in [1.54, 1.807) is 6.92 Å². The fraction of sp³-hybridized carbons (Fsp3) is 0.600. The van der Waals surface area contributed by atoms with Crippen LogP contribution in [-0.2, 0) is 4.74 Å². The van der Waals surface area contributed by atoms with E-state index in [2.05, 4.69) is 5.32 Å². The van der Waals surface area contributed by atoms with Gasteiger partial charge in [-0.1, -0.05) is 0 Å². The summed E-state index contributed by atoms with van der Waals surface area (Å²) in [5, 5.41) is 12.7. The molecule has 112 valence electrons. The molecule has 2 unspecified atom stereocenters. The quantitative estimate of drug-likeness (QED) is 0.770. The van der Waals surface area contributed by atoms with Crippen molar-refractivity contribution < 1.29 is 18.6 Å². The lowest BCUT2D eigenvalue weighted by Gasteiger charge is -2.18. The van der Waals surface area contributed by atoms with Gasteiger partial charge in [-0.25, -0.2) is 8.78 Å². The predicted molar refractivity (Wildman–Crippen MR) is 72.3 cm³/mol. The maximum Gasteiger partial charge on any atom is 0.128 e. The molecule has 3 nitrogen and oxygen atoms in total. The second-order valence-electron chi connectivity index (χ2n) is 5.43. The second-order valence-corrected chi connectivity index (χ2v) is 5.43. The molecule has 1 saturated carbocycles. The van der Waals surface area contributed by atoms with Gasteiger partial charge in [-0.2, -0.15) is 0 Å². The van der Waals surface area contributed by atoms with Gasteiger partial charge in [0.1, 0.15) is 11.6 Å². The van der Waals surface area contributed by atoms with E-state index in [0.29, 0.717) is 12.5 Å². The summed E-state index contributed by atoms with van der Waals surface area (Å²) in [7, 11) is 0. The average Bonchev–Trinajstić information content (AvgIpc) is 3.23. The van der Waals surface area contributed by atoms with Gasteiger partial charge < -0.3 is 15.2 Å². The van der Waals surface area contributed by atoms with Crippen molar-refractivity contribution in [1.29, 1.82) is 0 Å². The van der Waals surface area contributed by atoms with Crippen LogP contribution >= 0.6 is 0 Å². The third kappa shape index (κ3) is 4.81. The van der Waals surface area contributed by atoms with Crippen LogP contribution in [0.2, 0.25) is 0 Å². The van der Waals surface area contributed by atoms with E-state index in [1.807, 2.05) is 0 Å². The largest absolute Gasteiger partial charge is 0.389 e. The van der Waals surface area contributed by atoms with Crippen molar-refractivity contribution in [3.05, 3.63) is 35.4 Å². The number of aliphatic hydroxyl groups excluding tert-OH is 1. The first-order valence-electron chi connectivity index (χ1n) is 7.00. The average molecular weight is 285 g/mol. The molecule has 0 aliphatic heterocycles. The maximum absolute atomic E-state index is 13.5. The highest BCUT2D eigenvalue weighted by molar-refractivity contribution is 5.21. The fourth-order valence-corrected chi connectivity index (χ4v) is 1.98. The molecule has 0 saturated heterocycles. The molecule has 0 amide bonds. The van der Waals surface area contributed by atoms with Crippen molar-refractivity contribution in [2.24, 2.45) is 5.92 Å². The smallest absolute Gasteiger partial charge is 0.128 e. The van der Waals surface area contributed by atoms with Crippen molar-refractivity contribution in [3.8, 4) is 0 Å². The molecule has 0 spiro atoms. The summed E-state index contributed by atoms with van der Waals surface area (Å²) in [6.45, 7) is 2.98. The Kier molecular flexibility index (Phi) is 5.46. The van der Waals surface area contributed by atoms with Gasteiger partial charge in [-0.15, -0.1) is 0 Å². The molecule has 1 aliphatic carbocycles. The Morgan fingerprint density at radius 1 is 1.40 bits per heavy atom. The summed E-state index contributed by atoms with van der Waals surface area (Å²) in [5.74, 6) is -0.260. The Morgan fingerprint density at radius 3 is 2.85 bits per heavy atom. The molecule has 0 aromatic heterocycles. The number of rotatable bonds is 8. The van der Waals surface area contributed by atoms with E-state index in [-0.39, 0.29) is 24.8 Å².